The molecular formula is C22H23ClF3N3O4. The van der Waals surface area contributed by atoms with E-state index in [9.17, 15) is 27.9 Å². The maximum Gasteiger partial charge on any atom is 0.420 e. The molecule has 0 spiro atoms. The number of aliphatic hydroxyl groups is 1. The van der Waals surface area contributed by atoms with Crippen LogP contribution in [0.5, 0.6) is 0 Å². The second-order valence-corrected chi connectivity index (χ2v) is 9.37. The van der Waals surface area contributed by atoms with Gasteiger partial charge in [0.15, 0.2) is 0 Å². The van der Waals surface area contributed by atoms with Gasteiger partial charge in [0, 0.05) is 18.0 Å². The number of hydrazine groups is 1. The molecule has 11 heteroatoms. The summed E-state index contributed by atoms with van der Waals surface area (Å²) < 4.78 is 46.5. The molecule has 3 amide bonds. The van der Waals surface area contributed by atoms with Crippen LogP contribution in [0.15, 0.2) is 16.5 Å². The largest absolute Gasteiger partial charge is 0.449 e. The predicted molar refractivity (Wildman–Crippen MR) is 113 cm³/mol. The molecule has 2 aliphatic carbocycles. The Labute approximate surface area is 192 Å². The van der Waals surface area contributed by atoms with Crippen LogP contribution in [0.25, 0.3) is 11.0 Å². The smallest absolute Gasteiger partial charge is 0.420 e. The number of urea groups is 1. The van der Waals surface area contributed by atoms with Crippen molar-refractivity contribution in [2.24, 2.45) is 0 Å². The van der Waals surface area contributed by atoms with Crippen molar-refractivity contribution < 1.29 is 32.3 Å². The van der Waals surface area contributed by atoms with Crippen LogP contribution in [0.2, 0.25) is 5.02 Å². The highest BCUT2D eigenvalue weighted by atomic mass is 35.5. The molecular weight excluding hydrogens is 463 g/mol. The van der Waals surface area contributed by atoms with E-state index in [4.69, 9.17) is 16.0 Å². The zero-order chi connectivity index (χ0) is 23.5. The van der Waals surface area contributed by atoms with E-state index in [1.165, 1.54) is 0 Å². The molecule has 2 saturated carbocycles. The van der Waals surface area contributed by atoms with E-state index in [-0.39, 0.29) is 41.6 Å². The lowest BCUT2D eigenvalue weighted by Crippen LogP contribution is -2.62. The monoisotopic (exact) mass is 485 g/mol. The SMILES string of the molecule is O=C(c1oc2c(C(F)(F)F)cc(C3CC3)cc2c1Cl)N1CCN([C@H]2CC[C@@H](O)CC2)C(=O)N1. The number of benzene rings is 1. The van der Waals surface area contributed by atoms with Crippen molar-refractivity contribution in [1.82, 2.24) is 15.3 Å². The minimum atomic E-state index is -4.67. The molecule has 2 heterocycles. The molecule has 3 fully saturated rings. The first-order valence-corrected chi connectivity index (χ1v) is 11.4. The molecule has 2 N–H and O–H groups in total. The number of halogens is 4. The van der Waals surface area contributed by atoms with Crippen LogP contribution in [-0.2, 0) is 6.18 Å². The van der Waals surface area contributed by atoms with Crippen molar-refractivity contribution in [2.75, 3.05) is 13.1 Å². The van der Waals surface area contributed by atoms with E-state index in [0.29, 0.717) is 31.2 Å². The Balaban J connectivity index is 1.40. The summed E-state index contributed by atoms with van der Waals surface area (Å²) in [6.45, 7) is 0.381. The second kappa shape index (κ2) is 8.09. The molecule has 1 aromatic carbocycles. The van der Waals surface area contributed by atoms with Crippen molar-refractivity contribution >= 4 is 34.5 Å². The van der Waals surface area contributed by atoms with Gasteiger partial charge < -0.3 is 14.4 Å². The fraction of sp³-hybridized carbons (Fsp3) is 0.545. The number of amides is 3. The Morgan fingerprint density at radius 1 is 1.12 bits per heavy atom. The minimum Gasteiger partial charge on any atom is -0.449 e. The Hall–Kier alpha value is -2.46. The van der Waals surface area contributed by atoms with Crippen LogP contribution in [0.1, 0.15) is 66.1 Å². The van der Waals surface area contributed by atoms with Crippen molar-refractivity contribution in [2.45, 2.75) is 62.8 Å². The Kier molecular flexibility index (Phi) is 5.48. The molecule has 178 valence electrons. The van der Waals surface area contributed by atoms with Gasteiger partial charge in [-0.25, -0.2) is 15.2 Å². The summed E-state index contributed by atoms with van der Waals surface area (Å²) in [5.74, 6) is -1.18. The van der Waals surface area contributed by atoms with Gasteiger partial charge in [0.25, 0.3) is 0 Å². The number of carbonyl (C=O) groups excluding carboxylic acids is 2. The van der Waals surface area contributed by atoms with E-state index in [1.54, 1.807) is 11.0 Å². The number of carbonyl (C=O) groups is 2. The molecule has 1 saturated heterocycles. The highest BCUT2D eigenvalue weighted by Crippen LogP contribution is 2.47. The summed E-state index contributed by atoms with van der Waals surface area (Å²) in [4.78, 5) is 27.3. The van der Waals surface area contributed by atoms with Gasteiger partial charge in [-0.3, -0.25) is 4.79 Å². The van der Waals surface area contributed by atoms with Crippen LogP contribution in [0, 0.1) is 0 Å². The minimum absolute atomic E-state index is 0.0318. The van der Waals surface area contributed by atoms with Gasteiger partial charge in [0.2, 0.25) is 5.76 Å². The van der Waals surface area contributed by atoms with E-state index >= 15 is 0 Å². The molecule has 33 heavy (non-hydrogen) atoms. The topological polar surface area (TPSA) is 86.0 Å². The molecule has 0 atom stereocenters. The number of hydrogen-bond donors (Lipinski definition) is 2. The molecule has 2 aromatic rings. The summed E-state index contributed by atoms with van der Waals surface area (Å²) in [5, 5.41) is 10.5. The number of hydrogen-bond acceptors (Lipinski definition) is 4. The molecule has 0 unspecified atom stereocenters. The number of alkyl halides is 3. The molecule has 0 radical (unpaired) electrons. The molecule has 3 aliphatic rings. The van der Waals surface area contributed by atoms with Gasteiger partial charge in [-0.2, -0.15) is 13.2 Å². The van der Waals surface area contributed by atoms with Crippen LogP contribution < -0.4 is 5.43 Å². The van der Waals surface area contributed by atoms with Gasteiger partial charge in [-0.1, -0.05) is 11.6 Å². The third-order valence-electron chi connectivity index (χ3n) is 6.71. The van der Waals surface area contributed by atoms with Gasteiger partial charge in [0.05, 0.1) is 18.2 Å². The highest BCUT2D eigenvalue weighted by molar-refractivity contribution is 6.38. The van der Waals surface area contributed by atoms with Crippen molar-refractivity contribution in [1.29, 1.82) is 0 Å². The van der Waals surface area contributed by atoms with E-state index < -0.39 is 35.0 Å². The van der Waals surface area contributed by atoms with Crippen molar-refractivity contribution in [3.63, 3.8) is 0 Å². The molecule has 5 rings (SSSR count). The maximum atomic E-state index is 13.7. The van der Waals surface area contributed by atoms with Crippen LogP contribution in [0.3, 0.4) is 0 Å². The molecule has 0 bridgehead atoms. The highest BCUT2D eigenvalue weighted by Gasteiger charge is 2.40. The van der Waals surface area contributed by atoms with E-state index in [0.717, 1.165) is 23.9 Å². The molecule has 1 aromatic heterocycles. The zero-order valence-corrected chi connectivity index (χ0v) is 18.4. The number of rotatable bonds is 3. The summed E-state index contributed by atoms with van der Waals surface area (Å²) in [6, 6.07) is 2.11. The zero-order valence-electron chi connectivity index (χ0n) is 17.6. The number of aliphatic hydroxyl groups excluding tert-OH is 1. The fourth-order valence-electron chi connectivity index (χ4n) is 4.73. The van der Waals surface area contributed by atoms with Crippen LogP contribution in [0.4, 0.5) is 18.0 Å². The number of nitrogens with one attached hydrogen (secondary N) is 1. The van der Waals surface area contributed by atoms with Gasteiger partial charge in [0.1, 0.15) is 10.6 Å². The van der Waals surface area contributed by atoms with Crippen LogP contribution in [-0.4, -0.2) is 52.2 Å². The first-order chi connectivity index (χ1) is 15.6. The first-order valence-electron chi connectivity index (χ1n) is 11.0. The summed E-state index contributed by atoms with van der Waals surface area (Å²) in [6.07, 6.45) is -0.863. The molecule has 1 aliphatic heterocycles. The quantitative estimate of drug-likeness (QED) is 0.661. The number of fused-ring (bicyclic) bond motifs is 1. The summed E-state index contributed by atoms with van der Waals surface area (Å²) >= 11 is 6.34. The van der Waals surface area contributed by atoms with Gasteiger partial charge >= 0.3 is 18.1 Å². The van der Waals surface area contributed by atoms with Crippen molar-refractivity contribution in [3.05, 3.63) is 34.0 Å². The number of nitrogens with zero attached hydrogens (tertiary/aromatic N) is 2. The van der Waals surface area contributed by atoms with E-state index in [2.05, 4.69) is 5.43 Å². The van der Waals surface area contributed by atoms with Crippen LogP contribution >= 0.6 is 11.6 Å². The van der Waals surface area contributed by atoms with E-state index in [1.807, 2.05) is 0 Å². The third-order valence-corrected chi connectivity index (χ3v) is 7.08. The lowest BCUT2D eigenvalue weighted by Gasteiger charge is -2.41. The van der Waals surface area contributed by atoms with Gasteiger partial charge in [-0.15, -0.1) is 0 Å². The lowest BCUT2D eigenvalue weighted by atomic mass is 9.92. The Morgan fingerprint density at radius 3 is 2.42 bits per heavy atom. The predicted octanol–water partition coefficient (Wildman–Crippen LogP) is 4.67. The molecule has 7 nitrogen and oxygen atoms in total. The summed E-state index contributed by atoms with van der Waals surface area (Å²) in [7, 11) is 0. The first kappa shape index (κ1) is 22.3. The normalized spacial score (nSPS) is 24.3. The Bertz CT molecular complexity index is 1110. The Morgan fingerprint density at radius 2 is 1.82 bits per heavy atom. The standard InChI is InChI=1S/C22H23ClF3N3O4/c23-17-15-9-12(11-1-2-11)10-16(22(24,25)26)18(15)33-19(17)20(31)29-8-7-28(21(32)27-29)13-3-5-14(30)6-4-13/h9-11,13-14,30H,1-8H2,(H,27,32)/t13-,14+. The average molecular weight is 486 g/mol. The summed E-state index contributed by atoms with van der Waals surface area (Å²) in [5.41, 5.74) is 1.58. The lowest BCUT2D eigenvalue weighted by molar-refractivity contribution is -0.136. The fourth-order valence-corrected chi connectivity index (χ4v) is 4.99. The van der Waals surface area contributed by atoms with Gasteiger partial charge in [-0.05, 0) is 62.1 Å². The number of furan rings is 1. The second-order valence-electron chi connectivity index (χ2n) is 8.99. The maximum absolute atomic E-state index is 13.7. The third kappa shape index (κ3) is 4.14. The average Bonchev–Trinajstić information content (AvgIpc) is 3.57. The van der Waals surface area contributed by atoms with Crippen molar-refractivity contribution in [3.8, 4) is 0 Å².